The highest BCUT2D eigenvalue weighted by Crippen LogP contribution is 2.21. The van der Waals surface area contributed by atoms with E-state index in [4.69, 9.17) is 20.1 Å². The number of Topliss-reactive ketones (excluding diaryl/α,β-unsaturated/α-hetero) is 1. The number of ether oxygens (including phenoxy) is 3. The Morgan fingerprint density at radius 2 is 1.87 bits per heavy atom. The maximum absolute atomic E-state index is 11.3. The van der Waals surface area contributed by atoms with Gasteiger partial charge in [0.2, 0.25) is 5.16 Å². The molecule has 3 rings (SSSR count). The second-order valence-corrected chi connectivity index (χ2v) is 7.58. The van der Waals surface area contributed by atoms with Crippen LogP contribution in [0.3, 0.4) is 0 Å². The number of aromatic nitrogens is 3. The Bertz CT molecular complexity index is 1010. The quantitative estimate of drug-likeness (QED) is 0.261. The van der Waals surface area contributed by atoms with Gasteiger partial charge in [0.1, 0.15) is 30.5 Å². The van der Waals surface area contributed by atoms with Crippen molar-refractivity contribution in [3.8, 4) is 17.2 Å². The Balaban J connectivity index is 1.45. The molecule has 0 saturated heterocycles. The number of nitrogens with two attached hydrogens (primary N) is 1. The topological polar surface area (TPSA) is 122 Å². The number of aliphatic hydroxyl groups is 1. The van der Waals surface area contributed by atoms with Gasteiger partial charge in [0, 0.05) is 17.4 Å². The van der Waals surface area contributed by atoms with E-state index in [1.54, 1.807) is 43.5 Å². The molecule has 1 heterocycles. The molecule has 164 valence electrons. The number of thioether (sulfide) groups is 1. The Morgan fingerprint density at radius 3 is 2.58 bits per heavy atom. The van der Waals surface area contributed by atoms with Gasteiger partial charge in [-0.3, -0.25) is 4.79 Å². The minimum atomic E-state index is -0.745. The molecule has 0 amide bonds. The fourth-order valence-electron chi connectivity index (χ4n) is 2.54. The largest absolute Gasteiger partial charge is 0.497 e. The third kappa shape index (κ3) is 6.37. The molecule has 9 nitrogen and oxygen atoms in total. The Morgan fingerprint density at radius 1 is 1.13 bits per heavy atom. The summed E-state index contributed by atoms with van der Waals surface area (Å²) >= 11 is 1.26. The minimum Gasteiger partial charge on any atom is -0.497 e. The molecule has 0 saturated carbocycles. The van der Waals surface area contributed by atoms with Crippen molar-refractivity contribution in [3.05, 3.63) is 59.9 Å². The summed E-state index contributed by atoms with van der Waals surface area (Å²) in [6, 6.07) is 14.0. The number of carbonyl (C=O) groups excluding carboxylic acids is 1. The number of hydrogen-bond acceptors (Lipinski definition) is 9. The molecule has 1 atom stereocenters. The highest BCUT2D eigenvalue weighted by atomic mass is 32.2. The number of nitrogens with zero attached hydrogens (tertiary/aromatic N) is 3. The third-order valence-corrected chi connectivity index (χ3v) is 5.34. The zero-order valence-corrected chi connectivity index (χ0v) is 18.0. The minimum absolute atomic E-state index is 0.0119. The van der Waals surface area contributed by atoms with Crippen molar-refractivity contribution in [3.63, 3.8) is 0 Å². The van der Waals surface area contributed by atoms with Gasteiger partial charge in [-0.1, -0.05) is 17.8 Å². The van der Waals surface area contributed by atoms with Gasteiger partial charge < -0.3 is 25.2 Å². The molecular weight excluding hydrogens is 420 g/mol. The van der Waals surface area contributed by atoms with Crippen molar-refractivity contribution in [2.24, 2.45) is 0 Å². The maximum Gasteiger partial charge on any atom is 0.209 e. The van der Waals surface area contributed by atoms with E-state index in [-0.39, 0.29) is 19.0 Å². The van der Waals surface area contributed by atoms with Crippen LogP contribution in [-0.2, 0) is 6.61 Å². The van der Waals surface area contributed by atoms with Crippen LogP contribution in [-0.4, -0.2) is 51.3 Å². The van der Waals surface area contributed by atoms with Crippen molar-refractivity contribution < 1.29 is 24.1 Å². The zero-order valence-electron chi connectivity index (χ0n) is 17.2. The van der Waals surface area contributed by atoms with E-state index in [0.29, 0.717) is 39.5 Å². The van der Waals surface area contributed by atoms with E-state index < -0.39 is 6.10 Å². The summed E-state index contributed by atoms with van der Waals surface area (Å²) in [5.74, 6) is 8.68. The highest BCUT2D eigenvalue weighted by Gasteiger charge is 2.14. The molecule has 0 aliphatic heterocycles. The predicted octanol–water partition coefficient (Wildman–Crippen LogP) is 2.31. The van der Waals surface area contributed by atoms with Crippen molar-refractivity contribution in [1.29, 1.82) is 0 Å². The molecule has 2 aromatic carbocycles. The van der Waals surface area contributed by atoms with Crippen LogP contribution < -0.4 is 20.1 Å². The van der Waals surface area contributed by atoms with Gasteiger partial charge in [-0.25, -0.2) is 4.68 Å². The molecule has 1 aromatic heterocycles. The first-order chi connectivity index (χ1) is 15.0. The summed E-state index contributed by atoms with van der Waals surface area (Å²) in [6.45, 7) is 1.74. The standard InChI is InChI=1S/C21H24N4O5S/c1-14(26)15-6-8-17(9-7-15)29-11-16(27)13-31-21-24-23-20(25(21)22)12-30-19-5-3-4-18(10-19)28-2/h3-10,16,27H,11-13,22H2,1-2H3. The smallest absolute Gasteiger partial charge is 0.209 e. The molecule has 3 N–H and O–H groups in total. The number of hydrogen-bond donors (Lipinski definition) is 2. The van der Waals surface area contributed by atoms with Crippen LogP contribution in [0.5, 0.6) is 17.2 Å². The monoisotopic (exact) mass is 444 g/mol. The van der Waals surface area contributed by atoms with Crippen LogP contribution in [0.2, 0.25) is 0 Å². The summed E-state index contributed by atoms with van der Waals surface area (Å²) in [7, 11) is 1.59. The first-order valence-electron chi connectivity index (χ1n) is 9.47. The number of rotatable bonds is 11. The Labute approximate surface area is 184 Å². The van der Waals surface area contributed by atoms with Gasteiger partial charge in [0.15, 0.2) is 11.6 Å². The van der Waals surface area contributed by atoms with Gasteiger partial charge in [-0.2, -0.15) is 0 Å². The van der Waals surface area contributed by atoms with Gasteiger partial charge in [0.05, 0.1) is 13.2 Å². The summed E-state index contributed by atoms with van der Waals surface area (Å²) in [5, 5.41) is 18.7. The van der Waals surface area contributed by atoms with E-state index in [1.807, 2.05) is 12.1 Å². The van der Waals surface area contributed by atoms with Crippen LogP contribution in [0.4, 0.5) is 0 Å². The molecule has 10 heteroatoms. The average Bonchev–Trinajstić information content (AvgIpc) is 3.14. The molecule has 0 spiro atoms. The molecule has 0 aliphatic rings. The molecule has 3 aromatic rings. The first kappa shape index (κ1) is 22.4. The number of methoxy groups -OCH3 is 1. The van der Waals surface area contributed by atoms with E-state index in [1.165, 1.54) is 23.4 Å². The van der Waals surface area contributed by atoms with Crippen LogP contribution in [0.25, 0.3) is 0 Å². The zero-order chi connectivity index (χ0) is 22.2. The molecule has 1 unspecified atom stereocenters. The van der Waals surface area contributed by atoms with Crippen molar-refractivity contribution in [2.75, 3.05) is 25.3 Å². The second kappa shape index (κ2) is 10.7. The van der Waals surface area contributed by atoms with Gasteiger partial charge >= 0.3 is 0 Å². The van der Waals surface area contributed by atoms with Gasteiger partial charge in [-0.15, -0.1) is 10.2 Å². The molecule has 0 aliphatic carbocycles. The predicted molar refractivity (Wildman–Crippen MR) is 116 cm³/mol. The van der Waals surface area contributed by atoms with E-state index >= 15 is 0 Å². The van der Waals surface area contributed by atoms with Crippen LogP contribution in [0, 0.1) is 0 Å². The molecule has 31 heavy (non-hydrogen) atoms. The van der Waals surface area contributed by atoms with Crippen molar-refractivity contribution in [1.82, 2.24) is 14.9 Å². The summed E-state index contributed by atoms with van der Waals surface area (Å²) in [5.41, 5.74) is 0.608. The lowest BCUT2D eigenvalue weighted by atomic mass is 10.1. The summed E-state index contributed by atoms with van der Waals surface area (Å²) in [4.78, 5) is 11.3. The first-order valence-corrected chi connectivity index (χ1v) is 10.5. The van der Waals surface area contributed by atoms with E-state index in [0.717, 1.165) is 0 Å². The highest BCUT2D eigenvalue weighted by molar-refractivity contribution is 7.99. The number of aliphatic hydroxyl groups excluding tert-OH is 1. The number of nitrogen functional groups attached to an aromatic ring is 1. The Kier molecular flexibility index (Phi) is 7.74. The maximum atomic E-state index is 11.3. The molecule has 0 bridgehead atoms. The average molecular weight is 445 g/mol. The van der Waals surface area contributed by atoms with E-state index in [2.05, 4.69) is 10.2 Å². The lowest BCUT2D eigenvalue weighted by Gasteiger charge is -2.12. The van der Waals surface area contributed by atoms with Crippen LogP contribution in [0.1, 0.15) is 23.1 Å². The number of benzene rings is 2. The lowest BCUT2D eigenvalue weighted by molar-refractivity contribution is 0.101. The third-order valence-electron chi connectivity index (χ3n) is 4.25. The van der Waals surface area contributed by atoms with E-state index in [9.17, 15) is 9.90 Å². The summed E-state index contributed by atoms with van der Waals surface area (Å²) in [6.07, 6.45) is -0.745. The Hall–Kier alpha value is -3.24. The van der Waals surface area contributed by atoms with Crippen molar-refractivity contribution in [2.45, 2.75) is 24.8 Å². The van der Waals surface area contributed by atoms with Crippen LogP contribution in [0.15, 0.2) is 53.7 Å². The summed E-state index contributed by atoms with van der Waals surface area (Å²) < 4.78 is 17.7. The number of ketones is 1. The SMILES string of the molecule is COc1cccc(OCc2nnc(SCC(O)COc3ccc(C(C)=O)cc3)n2N)c1. The van der Waals surface area contributed by atoms with Crippen molar-refractivity contribution >= 4 is 17.5 Å². The molecule has 0 radical (unpaired) electrons. The fraction of sp³-hybridized carbons (Fsp3) is 0.286. The molecule has 0 fully saturated rings. The molecular formula is C21H24N4O5S. The second-order valence-electron chi connectivity index (χ2n) is 6.59. The lowest BCUT2D eigenvalue weighted by Crippen LogP contribution is -2.21. The van der Waals surface area contributed by atoms with Crippen LogP contribution >= 0.6 is 11.8 Å². The van der Waals surface area contributed by atoms with Gasteiger partial charge in [0.25, 0.3) is 0 Å². The fourth-order valence-corrected chi connectivity index (χ4v) is 3.32. The van der Waals surface area contributed by atoms with Gasteiger partial charge in [-0.05, 0) is 43.3 Å². The number of carbonyl (C=O) groups is 1. The normalized spacial score (nSPS) is 11.7.